The maximum Gasteiger partial charge on any atom is 0.223 e. The Kier molecular flexibility index (Phi) is 3.71. The highest BCUT2D eigenvalue weighted by atomic mass is 16.2. The van der Waals surface area contributed by atoms with Gasteiger partial charge in [0, 0.05) is 19.5 Å². The van der Waals surface area contributed by atoms with Gasteiger partial charge in [-0.2, -0.15) is 0 Å². The average molecular weight is 246 g/mol. The molecule has 2 rings (SSSR count). The summed E-state index contributed by atoms with van der Waals surface area (Å²) in [5.41, 5.74) is 8.41. The molecule has 18 heavy (non-hydrogen) atoms. The first-order valence-electron chi connectivity index (χ1n) is 6.65. The lowest BCUT2D eigenvalue weighted by molar-refractivity contribution is -0.138. The molecule has 1 aromatic rings. The summed E-state index contributed by atoms with van der Waals surface area (Å²) < 4.78 is 0. The molecule has 2 N–H and O–H groups in total. The number of rotatable bonds is 4. The third-order valence-corrected chi connectivity index (χ3v) is 3.82. The Hall–Kier alpha value is -1.35. The first-order chi connectivity index (χ1) is 8.52. The second kappa shape index (κ2) is 5.11. The highest BCUT2D eigenvalue weighted by Gasteiger charge is 2.39. The van der Waals surface area contributed by atoms with Crippen molar-refractivity contribution in [3.05, 3.63) is 35.4 Å². The van der Waals surface area contributed by atoms with E-state index in [-0.39, 0.29) is 11.4 Å². The molecule has 1 amide bonds. The summed E-state index contributed by atoms with van der Waals surface area (Å²) in [6.45, 7) is 5.58. The number of hydrogen-bond acceptors (Lipinski definition) is 2. The molecule has 3 heteroatoms. The molecule has 3 nitrogen and oxygen atoms in total. The van der Waals surface area contributed by atoms with Gasteiger partial charge < -0.3 is 10.6 Å². The summed E-state index contributed by atoms with van der Waals surface area (Å²) in [7, 11) is 0. The van der Waals surface area contributed by atoms with E-state index in [2.05, 4.69) is 38.1 Å². The van der Waals surface area contributed by atoms with Crippen LogP contribution >= 0.6 is 0 Å². The SMILES string of the molecule is CCC1(N)CN(C(=O)CCc2ccc(C)cc2)C1. The topological polar surface area (TPSA) is 46.3 Å². The lowest BCUT2D eigenvalue weighted by Gasteiger charge is -2.47. The zero-order valence-corrected chi connectivity index (χ0v) is 11.3. The van der Waals surface area contributed by atoms with Crippen LogP contribution in [0, 0.1) is 6.92 Å². The second-order valence-electron chi connectivity index (χ2n) is 5.45. The number of aryl methyl sites for hydroxylation is 2. The van der Waals surface area contributed by atoms with Gasteiger partial charge >= 0.3 is 0 Å². The minimum atomic E-state index is -0.125. The molecular formula is C15H22N2O. The van der Waals surface area contributed by atoms with Crippen molar-refractivity contribution in [2.75, 3.05) is 13.1 Å². The molecule has 1 saturated heterocycles. The molecule has 0 bridgehead atoms. The van der Waals surface area contributed by atoms with Crippen molar-refractivity contribution in [2.45, 2.75) is 38.6 Å². The number of amides is 1. The molecule has 0 aromatic heterocycles. The minimum Gasteiger partial charge on any atom is -0.339 e. The molecular weight excluding hydrogens is 224 g/mol. The molecule has 0 aliphatic carbocycles. The fourth-order valence-corrected chi connectivity index (χ4v) is 2.28. The Balaban J connectivity index is 1.78. The Bertz CT molecular complexity index is 419. The van der Waals surface area contributed by atoms with Gasteiger partial charge in [0.2, 0.25) is 5.91 Å². The fraction of sp³-hybridized carbons (Fsp3) is 0.533. The number of nitrogens with two attached hydrogens (primary N) is 1. The molecule has 1 aromatic carbocycles. The summed E-state index contributed by atoms with van der Waals surface area (Å²) in [4.78, 5) is 13.8. The predicted molar refractivity (Wildman–Crippen MR) is 73.3 cm³/mol. The van der Waals surface area contributed by atoms with Crippen LogP contribution in [0.1, 0.15) is 30.9 Å². The number of likely N-dealkylation sites (tertiary alicyclic amines) is 1. The molecule has 1 aliphatic heterocycles. The van der Waals surface area contributed by atoms with Crippen LogP contribution in [0.4, 0.5) is 0 Å². The molecule has 0 spiro atoms. The number of carbonyl (C=O) groups excluding carboxylic acids is 1. The van der Waals surface area contributed by atoms with Crippen molar-refractivity contribution in [1.29, 1.82) is 0 Å². The minimum absolute atomic E-state index is 0.125. The normalized spacial score (nSPS) is 17.4. The first kappa shape index (κ1) is 13.1. The van der Waals surface area contributed by atoms with Gasteiger partial charge in [0.15, 0.2) is 0 Å². The Labute approximate surface area is 109 Å². The van der Waals surface area contributed by atoms with Gasteiger partial charge in [-0.05, 0) is 25.3 Å². The van der Waals surface area contributed by atoms with Crippen molar-refractivity contribution in [2.24, 2.45) is 5.73 Å². The van der Waals surface area contributed by atoms with Gasteiger partial charge in [0.1, 0.15) is 0 Å². The van der Waals surface area contributed by atoms with Gasteiger partial charge in [-0.15, -0.1) is 0 Å². The third kappa shape index (κ3) is 2.91. The smallest absolute Gasteiger partial charge is 0.223 e. The fourth-order valence-electron chi connectivity index (χ4n) is 2.28. The number of hydrogen-bond donors (Lipinski definition) is 1. The van der Waals surface area contributed by atoms with Crippen LogP contribution in [0.5, 0.6) is 0 Å². The Morgan fingerprint density at radius 1 is 1.33 bits per heavy atom. The Morgan fingerprint density at radius 3 is 2.50 bits per heavy atom. The van der Waals surface area contributed by atoms with E-state index >= 15 is 0 Å². The highest BCUT2D eigenvalue weighted by Crippen LogP contribution is 2.22. The molecule has 0 saturated carbocycles. The van der Waals surface area contributed by atoms with Gasteiger partial charge in [0.25, 0.3) is 0 Å². The lowest BCUT2D eigenvalue weighted by atomic mass is 9.88. The summed E-state index contributed by atoms with van der Waals surface area (Å²) in [5, 5.41) is 0. The van der Waals surface area contributed by atoms with E-state index in [0.29, 0.717) is 6.42 Å². The summed E-state index contributed by atoms with van der Waals surface area (Å²) in [6.07, 6.45) is 2.34. The van der Waals surface area contributed by atoms with Crippen LogP contribution in [0.2, 0.25) is 0 Å². The molecule has 98 valence electrons. The molecule has 1 aliphatic rings. The van der Waals surface area contributed by atoms with E-state index < -0.39 is 0 Å². The van der Waals surface area contributed by atoms with Crippen molar-refractivity contribution in [1.82, 2.24) is 4.90 Å². The number of nitrogens with zero attached hydrogens (tertiary/aromatic N) is 1. The van der Waals surface area contributed by atoms with E-state index in [1.807, 2.05) is 4.90 Å². The number of carbonyl (C=O) groups is 1. The van der Waals surface area contributed by atoms with Crippen molar-refractivity contribution in [3.63, 3.8) is 0 Å². The molecule has 1 fully saturated rings. The second-order valence-corrected chi connectivity index (χ2v) is 5.45. The van der Waals surface area contributed by atoms with Gasteiger partial charge in [-0.25, -0.2) is 0 Å². The zero-order chi connectivity index (χ0) is 13.2. The average Bonchev–Trinajstić information content (AvgIpc) is 2.34. The highest BCUT2D eigenvalue weighted by molar-refractivity contribution is 5.77. The molecule has 1 heterocycles. The molecule has 0 unspecified atom stereocenters. The maximum absolute atomic E-state index is 11.9. The Morgan fingerprint density at radius 2 is 1.94 bits per heavy atom. The van der Waals surface area contributed by atoms with Crippen LogP contribution in [0.25, 0.3) is 0 Å². The first-order valence-corrected chi connectivity index (χ1v) is 6.65. The standard InChI is InChI=1S/C15H22N2O/c1-3-15(16)10-17(11-15)14(18)9-8-13-6-4-12(2)5-7-13/h4-7H,3,8-11,16H2,1-2H3. The monoisotopic (exact) mass is 246 g/mol. The number of benzene rings is 1. The summed E-state index contributed by atoms with van der Waals surface area (Å²) in [6, 6.07) is 8.37. The summed E-state index contributed by atoms with van der Waals surface area (Å²) in [5.74, 6) is 0.227. The zero-order valence-electron chi connectivity index (χ0n) is 11.3. The van der Waals surface area contributed by atoms with E-state index in [1.54, 1.807) is 0 Å². The van der Waals surface area contributed by atoms with E-state index in [0.717, 1.165) is 25.9 Å². The quantitative estimate of drug-likeness (QED) is 0.881. The van der Waals surface area contributed by atoms with Crippen molar-refractivity contribution < 1.29 is 4.79 Å². The van der Waals surface area contributed by atoms with Crippen LogP contribution in [-0.2, 0) is 11.2 Å². The van der Waals surface area contributed by atoms with Gasteiger partial charge in [0.05, 0.1) is 5.54 Å². The van der Waals surface area contributed by atoms with Gasteiger partial charge in [-0.1, -0.05) is 36.8 Å². The van der Waals surface area contributed by atoms with Crippen molar-refractivity contribution >= 4 is 5.91 Å². The predicted octanol–water partition coefficient (Wildman–Crippen LogP) is 1.88. The lowest BCUT2D eigenvalue weighted by Crippen LogP contribution is -2.68. The third-order valence-electron chi connectivity index (χ3n) is 3.82. The van der Waals surface area contributed by atoms with E-state index in [1.165, 1.54) is 11.1 Å². The molecule has 0 atom stereocenters. The van der Waals surface area contributed by atoms with E-state index in [9.17, 15) is 4.79 Å². The maximum atomic E-state index is 11.9. The van der Waals surface area contributed by atoms with Crippen LogP contribution < -0.4 is 5.73 Å². The van der Waals surface area contributed by atoms with E-state index in [4.69, 9.17) is 5.73 Å². The van der Waals surface area contributed by atoms with Crippen molar-refractivity contribution in [3.8, 4) is 0 Å². The summed E-state index contributed by atoms with van der Waals surface area (Å²) >= 11 is 0. The van der Waals surface area contributed by atoms with Gasteiger partial charge in [-0.3, -0.25) is 4.79 Å². The van der Waals surface area contributed by atoms with Crippen LogP contribution in [-0.4, -0.2) is 29.4 Å². The molecule has 0 radical (unpaired) electrons. The largest absolute Gasteiger partial charge is 0.339 e. The van der Waals surface area contributed by atoms with Crippen LogP contribution in [0.3, 0.4) is 0 Å². The van der Waals surface area contributed by atoms with Crippen LogP contribution in [0.15, 0.2) is 24.3 Å².